The lowest BCUT2D eigenvalue weighted by atomic mass is 9.98. The fourth-order valence-electron chi connectivity index (χ4n) is 1.36. The van der Waals surface area contributed by atoms with Crippen molar-refractivity contribution in [2.75, 3.05) is 0 Å². The van der Waals surface area contributed by atoms with E-state index in [1.807, 2.05) is 0 Å². The van der Waals surface area contributed by atoms with E-state index in [1.165, 1.54) is 19.3 Å². The second-order valence-electron chi connectivity index (χ2n) is 3.44. The lowest BCUT2D eigenvalue weighted by Gasteiger charge is -2.08. The Labute approximate surface area is 80.7 Å². The predicted octanol–water partition coefficient (Wildman–Crippen LogP) is 3.23. The van der Waals surface area contributed by atoms with Gasteiger partial charge in [0.05, 0.1) is 6.42 Å². The van der Waals surface area contributed by atoms with Crippen molar-refractivity contribution in [1.29, 1.82) is 0 Å². The second kappa shape index (κ2) is 7.84. The van der Waals surface area contributed by atoms with E-state index >= 15 is 0 Å². The summed E-state index contributed by atoms with van der Waals surface area (Å²) < 4.78 is 0. The lowest BCUT2D eigenvalue weighted by Crippen LogP contribution is -2.04. The topological polar surface area (TPSA) is 37.3 Å². The minimum atomic E-state index is -0.722. The van der Waals surface area contributed by atoms with Crippen molar-refractivity contribution in [2.45, 2.75) is 45.4 Å². The maximum Gasteiger partial charge on any atom is 0.303 e. The first-order valence-electron chi connectivity index (χ1n) is 5.05. The highest BCUT2D eigenvalue weighted by Crippen LogP contribution is 2.15. The first kappa shape index (κ1) is 12.2. The molecule has 0 aromatic carbocycles. The van der Waals surface area contributed by atoms with Gasteiger partial charge in [-0.2, -0.15) is 0 Å². The molecule has 0 heterocycles. The molecule has 0 aliphatic carbocycles. The third-order valence-electron chi connectivity index (χ3n) is 2.20. The molecule has 0 bridgehead atoms. The molecule has 0 aliphatic rings. The first-order valence-corrected chi connectivity index (χ1v) is 5.05. The summed E-state index contributed by atoms with van der Waals surface area (Å²) >= 11 is 0. The Morgan fingerprint density at radius 3 is 2.62 bits per heavy atom. The fourth-order valence-corrected chi connectivity index (χ4v) is 1.36. The molecular weight excluding hydrogens is 164 g/mol. The van der Waals surface area contributed by atoms with Crippen molar-refractivity contribution in [3.63, 3.8) is 0 Å². The second-order valence-corrected chi connectivity index (χ2v) is 3.44. The standard InChI is InChI=1S/C11H20O2/c1-3-5-6-7-8-10(4-2)9-11(12)13/h4,10H,2-3,5-9H2,1H3,(H,12,13). The van der Waals surface area contributed by atoms with Crippen molar-refractivity contribution < 1.29 is 9.90 Å². The molecule has 0 rings (SSSR count). The summed E-state index contributed by atoms with van der Waals surface area (Å²) in [6.07, 6.45) is 7.76. The molecule has 0 aromatic rings. The third kappa shape index (κ3) is 7.57. The Bertz CT molecular complexity index is 152. The quantitative estimate of drug-likeness (QED) is 0.464. The summed E-state index contributed by atoms with van der Waals surface area (Å²) in [5.74, 6) is -0.560. The van der Waals surface area contributed by atoms with E-state index in [1.54, 1.807) is 6.08 Å². The number of carbonyl (C=O) groups is 1. The first-order chi connectivity index (χ1) is 6.20. The zero-order valence-corrected chi connectivity index (χ0v) is 8.46. The summed E-state index contributed by atoms with van der Waals surface area (Å²) in [6, 6.07) is 0. The molecule has 1 atom stereocenters. The summed E-state index contributed by atoms with van der Waals surface area (Å²) in [5, 5.41) is 8.57. The van der Waals surface area contributed by atoms with E-state index in [-0.39, 0.29) is 12.3 Å². The van der Waals surface area contributed by atoms with Gasteiger partial charge in [-0.1, -0.05) is 38.7 Å². The van der Waals surface area contributed by atoms with Crippen LogP contribution in [0, 0.1) is 5.92 Å². The smallest absolute Gasteiger partial charge is 0.303 e. The Morgan fingerprint density at radius 1 is 1.46 bits per heavy atom. The van der Waals surface area contributed by atoms with Crippen molar-refractivity contribution in [3.05, 3.63) is 12.7 Å². The zero-order valence-electron chi connectivity index (χ0n) is 8.46. The van der Waals surface area contributed by atoms with Gasteiger partial charge in [-0.05, 0) is 12.3 Å². The number of carboxylic acid groups (broad SMARTS) is 1. The normalized spacial score (nSPS) is 12.4. The van der Waals surface area contributed by atoms with Crippen LogP contribution in [-0.2, 0) is 4.79 Å². The van der Waals surface area contributed by atoms with E-state index in [0.29, 0.717) is 0 Å². The number of carboxylic acids is 1. The third-order valence-corrected chi connectivity index (χ3v) is 2.20. The van der Waals surface area contributed by atoms with Crippen molar-refractivity contribution in [2.24, 2.45) is 5.92 Å². The number of hydrogen-bond donors (Lipinski definition) is 1. The molecule has 1 N–H and O–H groups in total. The predicted molar refractivity (Wildman–Crippen MR) is 54.7 cm³/mol. The van der Waals surface area contributed by atoms with Crippen LogP contribution in [0.4, 0.5) is 0 Å². The van der Waals surface area contributed by atoms with Crippen LogP contribution in [0.3, 0.4) is 0 Å². The van der Waals surface area contributed by atoms with E-state index in [2.05, 4.69) is 13.5 Å². The van der Waals surface area contributed by atoms with Crippen LogP contribution in [-0.4, -0.2) is 11.1 Å². The zero-order chi connectivity index (χ0) is 10.1. The van der Waals surface area contributed by atoms with Gasteiger partial charge in [0.1, 0.15) is 0 Å². The Hall–Kier alpha value is -0.790. The van der Waals surface area contributed by atoms with Gasteiger partial charge in [-0.3, -0.25) is 4.79 Å². The van der Waals surface area contributed by atoms with Crippen LogP contribution in [0.25, 0.3) is 0 Å². The van der Waals surface area contributed by atoms with Gasteiger partial charge >= 0.3 is 5.97 Å². The van der Waals surface area contributed by atoms with Gasteiger partial charge in [-0.15, -0.1) is 6.58 Å². The largest absolute Gasteiger partial charge is 0.481 e. The molecule has 0 spiro atoms. The number of aliphatic carboxylic acids is 1. The average Bonchev–Trinajstić information content (AvgIpc) is 2.09. The molecule has 0 fully saturated rings. The van der Waals surface area contributed by atoms with Crippen LogP contribution in [0.1, 0.15) is 45.4 Å². The van der Waals surface area contributed by atoms with Crippen molar-refractivity contribution in [1.82, 2.24) is 0 Å². The minimum absolute atomic E-state index is 0.161. The molecule has 2 nitrogen and oxygen atoms in total. The molecule has 0 saturated heterocycles. The van der Waals surface area contributed by atoms with Gasteiger partial charge in [-0.25, -0.2) is 0 Å². The fraction of sp³-hybridized carbons (Fsp3) is 0.727. The Balaban J connectivity index is 3.48. The van der Waals surface area contributed by atoms with Gasteiger partial charge in [0.2, 0.25) is 0 Å². The molecule has 76 valence electrons. The SMILES string of the molecule is C=CC(CCCCCC)CC(=O)O. The maximum absolute atomic E-state index is 10.4. The van der Waals surface area contributed by atoms with Gasteiger partial charge in [0.15, 0.2) is 0 Å². The van der Waals surface area contributed by atoms with Gasteiger partial charge in [0, 0.05) is 0 Å². The highest BCUT2D eigenvalue weighted by atomic mass is 16.4. The van der Waals surface area contributed by atoms with E-state index < -0.39 is 5.97 Å². The van der Waals surface area contributed by atoms with Crippen LogP contribution >= 0.6 is 0 Å². The highest BCUT2D eigenvalue weighted by molar-refractivity contribution is 5.67. The number of hydrogen-bond acceptors (Lipinski definition) is 1. The number of allylic oxidation sites excluding steroid dienone is 1. The molecule has 2 heteroatoms. The molecule has 0 aromatic heterocycles. The minimum Gasteiger partial charge on any atom is -0.481 e. The number of unbranched alkanes of at least 4 members (excludes halogenated alkanes) is 3. The van der Waals surface area contributed by atoms with Crippen LogP contribution in [0.5, 0.6) is 0 Å². The molecule has 0 aliphatic heterocycles. The van der Waals surface area contributed by atoms with E-state index in [0.717, 1.165) is 12.8 Å². The summed E-state index contributed by atoms with van der Waals surface area (Å²) in [6.45, 7) is 5.82. The van der Waals surface area contributed by atoms with Crippen molar-refractivity contribution >= 4 is 5.97 Å². The average molecular weight is 184 g/mol. The molecular formula is C11H20O2. The number of rotatable bonds is 8. The Morgan fingerprint density at radius 2 is 2.15 bits per heavy atom. The summed E-state index contributed by atoms with van der Waals surface area (Å²) in [7, 11) is 0. The van der Waals surface area contributed by atoms with Crippen LogP contribution < -0.4 is 0 Å². The van der Waals surface area contributed by atoms with Crippen LogP contribution in [0.15, 0.2) is 12.7 Å². The summed E-state index contributed by atoms with van der Waals surface area (Å²) in [4.78, 5) is 10.4. The molecule has 0 saturated carbocycles. The van der Waals surface area contributed by atoms with Gasteiger partial charge in [0.25, 0.3) is 0 Å². The maximum atomic E-state index is 10.4. The van der Waals surface area contributed by atoms with Crippen molar-refractivity contribution in [3.8, 4) is 0 Å². The Kier molecular flexibility index (Phi) is 7.36. The molecule has 0 amide bonds. The van der Waals surface area contributed by atoms with E-state index in [4.69, 9.17) is 5.11 Å². The van der Waals surface area contributed by atoms with E-state index in [9.17, 15) is 4.79 Å². The molecule has 13 heavy (non-hydrogen) atoms. The lowest BCUT2D eigenvalue weighted by molar-refractivity contribution is -0.137. The molecule has 0 radical (unpaired) electrons. The van der Waals surface area contributed by atoms with Crippen LogP contribution in [0.2, 0.25) is 0 Å². The highest BCUT2D eigenvalue weighted by Gasteiger charge is 2.08. The molecule has 1 unspecified atom stereocenters. The summed E-state index contributed by atoms with van der Waals surface area (Å²) in [5.41, 5.74) is 0. The monoisotopic (exact) mass is 184 g/mol. The van der Waals surface area contributed by atoms with Gasteiger partial charge < -0.3 is 5.11 Å².